The molecule has 2 rings (SSSR count). The lowest BCUT2D eigenvalue weighted by Crippen LogP contribution is -2.07. The number of benzene rings is 2. The number of aromatic hydroxyl groups is 1. The van der Waals surface area contributed by atoms with Crippen molar-refractivity contribution in [2.45, 2.75) is 40.0 Å². The summed E-state index contributed by atoms with van der Waals surface area (Å²) in [5.41, 5.74) is 1.55. The Morgan fingerprint density at radius 1 is 0.750 bits per heavy atom. The Hall–Kier alpha value is -3.35. The van der Waals surface area contributed by atoms with Crippen molar-refractivity contribution in [1.82, 2.24) is 0 Å². The Kier molecular flexibility index (Phi) is 7.14. The predicted molar refractivity (Wildman–Crippen MR) is 101 cm³/mol. The summed E-state index contributed by atoms with van der Waals surface area (Å²) >= 11 is 0. The molecule has 0 aromatic heterocycles. The Bertz CT molecular complexity index is 886. The summed E-state index contributed by atoms with van der Waals surface area (Å²) in [5, 5.41) is 9.59. The first-order valence-electron chi connectivity index (χ1n) is 8.74. The van der Waals surface area contributed by atoms with Crippen LogP contribution in [0.5, 0.6) is 23.0 Å². The van der Waals surface area contributed by atoms with Crippen LogP contribution in [-0.4, -0.2) is 23.0 Å². The highest BCUT2D eigenvalue weighted by molar-refractivity contribution is 5.72. The summed E-state index contributed by atoms with van der Waals surface area (Å²) in [7, 11) is 0. The van der Waals surface area contributed by atoms with E-state index in [1.54, 1.807) is 18.2 Å². The molecule has 0 spiro atoms. The summed E-state index contributed by atoms with van der Waals surface area (Å²) < 4.78 is 15.4. The smallest absolute Gasteiger partial charge is 0.308 e. The molecule has 28 heavy (non-hydrogen) atoms. The van der Waals surface area contributed by atoms with Crippen LogP contribution in [0.1, 0.15) is 38.3 Å². The van der Waals surface area contributed by atoms with E-state index in [1.807, 2.05) is 0 Å². The van der Waals surface area contributed by atoms with E-state index in [0.29, 0.717) is 36.5 Å². The van der Waals surface area contributed by atoms with E-state index >= 15 is 0 Å². The molecule has 2 aromatic carbocycles. The zero-order chi connectivity index (χ0) is 20.7. The number of esters is 3. The van der Waals surface area contributed by atoms with Gasteiger partial charge in [0.05, 0.1) is 0 Å². The first-order chi connectivity index (χ1) is 13.2. The summed E-state index contributed by atoms with van der Waals surface area (Å²) in [6.45, 7) is 3.88. The molecule has 0 saturated heterocycles. The largest absolute Gasteiger partial charge is 0.508 e. The summed E-state index contributed by atoms with van der Waals surface area (Å²) in [6.07, 6.45) is 1.82. The molecular weight excluding hydrogens is 364 g/mol. The van der Waals surface area contributed by atoms with Gasteiger partial charge in [-0.15, -0.1) is 0 Å². The number of phenols is 1. The minimum absolute atomic E-state index is 0.0122. The number of hydrogen-bond acceptors (Lipinski definition) is 7. The molecule has 0 radical (unpaired) electrons. The molecule has 7 nitrogen and oxygen atoms in total. The highest BCUT2D eigenvalue weighted by atomic mass is 16.5. The number of ether oxygens (including phenoxy) is 3. The Morgan fingerprint density at radius 2 is 1.25 bits per heavy atom. The van der Waals surface area contributed by atoms with Crippen molar-refractivity contribution < 1.29 is 33.7 Å². The topological polar surface area (TPSA) is 99.1 Å². The van der Waals surface area contributed by atoms with E-state index in [4.69, 9.17) is 14.2 Å². The second-order valence-electron chi connectivity index (χ2n) is 6.20. The lowest BCUT2D eigenvalue weighted by atomic mass is 10.0. The molecule has 1 N–H and O–H groups in total. The highest BCUT2D eigenvalue weighted by Crippen LogP contribution is 2.29. The number of carbonyl (C=O) groups excluding carboxylic acids is 3. The first-order valence-corrected chi connectivity index (χ1v) is 8.74. The van der Waals surface area contributed by atoms with Crippen molar-refractivity contribution in [3.8, 4) is 23.0 Å². The van der Waals surface area contributed by atoms with Gasteiger partial charge in [0, 0.05) is 32.9 Å². The number of carbonyl (C=O) groups is 3. The molecule has 0 fully saturated rings. The van der Waals surface area contributed by atoms with Gasteiger partial charge in [-0.3, -0.25) is 14.4 Å². The molecule has 0 heterocycles. The van der Waals surface area contributed by atoms with Gasteiger partial charge in [-0.2, -0.15) is 0 Å². The van der Waals surface area contributed by atoms with E-state index in [9.17, 15) is 19.5 Å². The highest BCUT2D eigenvalue weighted by Gasteiger charge is 2.12. The molecule has 0 saturated carbocycles. The fourth-order valence-electron chi connectivity index (χ4n) is 2.69. The molecule has 0 aliphatic carbocycles. The third-order valence-corrected chi connectivity index (χ3v) is 3.75. The SMILES string of the molecule is CC(=O)Oc1ccc(CCCc2ccc(O)cc2OC(C)=O)c(OC(C)=O)c1. The van der Waals surface area contributed by atoms with Crippen molar-refractivity contribution >= 4 is 17.9 Å². The van der Waals surface area contributed by atoms with Crippen LogP contribution in [-0.2, 0) is 27.2 Å². The number of aryl methyl sites for hydroxylation is 2. The van der Waals surface area contributed by atoms with E-state index in [1.165, 1.54) is 39.0 Å². The lowest BCUT2D eigenvalue weighted by molar-refractivity contribution is -0.133. The molecule has 7 heteroatoms. The van der Waals surface area contributed by atoms with Crippen molar-refractivity contribution in [2.24, 2.45) is 0 Å². The van der Waals surface area contributed by atoms with Crippen LogP contribution in [0, 0.1) is 0 Å². The van der Waals surface area contributed by atoms with Gasteiger partial charge in [-0.25, -0.2) is 0 Å². The summed E-state index contributed by atoms with van der Waals surface area (Å²) in [5.74, 6) is -0.453. The van der Waals surface area contributed by atoms with Crippen LogP contribution in [0.3, 0.4) is 0 Å². The van der Waals surface area contributed by atoms with Gasteiger partial charge < -0.3 is 19.3 Å². The van der Waals surface area contributed by atoms with Crippen molar-refractivity contribution in [3.63, 3.8) is 0 Å². The number of rotatable bonds is 7. The van der Waals surface area contributed by atoms with Crippen LogP contribution < -0.4 is 14.2 Å². The van der Waals surface area contributed by atoms with Crippen LogP contribution in [0.15, 0.2) is 36.4 Å². The van der Waals surface area contributed by atoms with E-state index < -0.39 is 17.9 Å². The van der Waals surface area contributed by atoms with Gasteiger partial charge in [0.1, 0.15) is 23.0 Å². The zero-order valence-corrected chi connectivity index (χ0v) is 16.0. The molecule has 0 unspecified atom stereocenters. The molecule has 0 bridgehead atoms. The van der Waals surface area contributed by atoms with Gasteiger partial charge in [0.25, 0.3) is 0 Å². The molecule has 0 atom stereocenters. The van der Waals surface area contributed by atoms with Gasteiger partial charge in [0.2, 0.25) is 0 Å². The number of phenolic OH excluding ortho intramolecular Hbond substituents is 1. The summed E-state index contributed by atoms with van der Waals surface area (Å²) in [4.78, 5) is 33.7. The zero-order valence-electron chi connectivity index (χ0n) is 16.0. The third kappa shape index (κ3) is 6.42. The molecule has 2 aromatic rings. The maximum atomic E-state index is 11.4. The van der Waals surface area contributed by atoms with E-state index in [-0.39, 0.29) is 5.75 Å². The average molecular weight is 386 g/mol. The third-order valence-electron chi connectivity index (χ3n) is 3.75. The Balaban J connectivity index is 2.12. The lowest BCUT2D eigenvalue weighted by Gasteiger charge is -2.12. The first kappa shape index (κ1) is 21.0. The molecule has 0 aliphatic heterocycles. The van der Waals surface area contributed by atoms with Crippen molar-refractivity contribution in [2.75, 3.05) is 0 Å². The predicted octanol–water partition coefficient (Wildman–Crippen LogP) is 3.34. The summed E-state index contributed by atoms with van der Waals surface area (Å²) in [6, 6.07) is 9.50. The van der Waals surface area contributed by atoms with Crippen LogP contribution in [0.2, 0.25) is 0 Å². The molecule has 148 valence electrons. The Morgan fingerprint density at radius 3 is 1.79 bits per heavy atom. The molecule has 0 aliphatic rings. The quantitative estimate of drug-likeness (QED) is 0.575. The van der Waals surface area contributed by atoms with Crippen LogP contribution >= 0.6 is 0 Å². The van der Waals surface area contributed by atoms with E-state index in [0.717, 1.165) is 11.1 Å². The van der Waals surface area contributed by atoms with Crippen molar-refractivity contribution in [3.05, 3.63) is 47.5 Å². The van der Waals surface area contributed by atoms with Gasteiger partial charge >= 0.3 is 17.9 Å². The van der Waals surface area contributed by atoms with E-state index in [2.05, 4.69) is 0 Å². The maximum Gasteiger partial charge on any atom is 0.308 e. The second kappa shape index (κ2) is 9.55. The normalized spacial score (nSPS) is 10.2. The van der Waals surface area contributed by atoms with Gasteiger partial charge in [0.15, 0.2) is 0 Å². The van der Waals surface area contributed by atoms with Crippen LogP contribution in [0.25, 0.3) is 0 Å². The van der Waals surface area contributed by atoms with Gasteiger partial charge in [-0.1, -0.05) is 12.1 Å². The van der Waals surface area contributed by atoms with Gasteiger partial charge in [-0.05, 0) is 42.5 Å². The number of hydrogen-bond donors (Lipinski definition) is 1. The second-order valence-corrected chi connectivity index (χ2v) is 6.20. The maximum absolute atomic E-state index is 11.4. The average Bonchev–Trinajstić information content (AvgIpc) is 2.57. The monoisotopic (exact) mass is 386 g/mol. The standard InChI is InChI=1S/C21H22O7/c1-13(22)26-19-10-8-17(21(12-19)28-15(3)24)6-4-5-16-7-9-18(25)11-20(16)27-14(2)23/h7-12,25H,4-6H2,1-3H3. The minimum atomic E-state index is -0.475. The fraction of sp³-hybridized carbons (Fsp3) is 0.286. The van der Waals surface area contributed by atoms with Crippen LogP contribution in [0.4, 0.5) is 0 Å². The minimum Gasteiger partial charge on any atom is -0.508 e. The molecule has 0 amide bonds. The fourth-order valence-corrected chi connectivity index (χ4v) is 2.69. The molecular formula is C21H22O7. The Labute approximate surface area is 162 Å². The van der Waals surface area contributed by atoms with Crippen molar-refractivity contribution in [1.29, 1.82) is 0 Å².